The Morgan fingerprint density at radius 2 is 1.64 bits per heavy atom. The van der Waals surface area contributed by atoms with Crippen LogP contribution in [0.1, 0.15) is 45.2 Å². The number of carbonyl (C=O) groups is 2. The van der Waals surface area contributed by atoms with E-state index in [-0.39, 0.29) is 24.3 Å². The van der Waals surface area contributed by atoms with Gasteiger partial charge in [0.25, 0.3) is 0 Å². The van der Waals surface area contributed by atoms with Crippen LogP contribution in [0.5, 0.6) is 5.75 Å². The number of halogens is 1. The maximum Gasteiger partial charge on any atom is 0.332 e. The topological polar surface area (TPSA) is 77.2 Å². The number of ether oxygens (including phenoxy) is 1. The standard InChI is InChI=1S/C25H32FN5O3.C3H8.C2H6/c1-19-17-29(2)31(25(33)28-16-21-6-10-23(34-3)11-7-21)18-24(32)30(15-13-27-19)14-12-20-4-8-22(26)9-5-20;1-3-2;1-2/h4-11,27H,1,12-18H2,2-3H3,(H,28,33);3H2,1-2H3;1-2H3. The van der Waals surface area contributed by atoms with E-state index in [9.17, 15) is 14.0 Å². The van der Waals surface area contributed by atoms with Crippen LogP contribution in [0.2, 0.25) is 0 Å². The molecule has 0 aliphatic carbocycles. The molecule has 0 saturated carbocycles. The SMILES string of the molecule is C=C1CN(C)N(C(=O)NCc2ccc(OC)cc2)CC(=O)N(CCc2ccc(F)cc2)CCN1.CC.CCC. The number of rotatable bonds is 6. The number of carbonyl (C=O) groups excluding carboxylic acids is 2. The average Bonchev–Trinajstić information content (AvgIpc) is 2.94. The first-order valence-electron chi connectivity index (χ1n) is 13.6. The molecule has 1 heterocycles. The molecule has 9 heteroatoms. The number of likely N-dealkylation sites (N-methyl/N-ethyl adjacent to an activating group) is 1. The summed E-state index contributed by atoms with van der Waals surface area (Å²) >= 11 is 0. The van der Waals surface area contributed by atoms with Crippen LogP contribution in [0.4, 0.5) is 9.18 Å². The van der Waals surface area contributed by atoms with Crippen LogP contribution in [0.15, 0.2) is 60.8 Å². The maximum atomic E-state index is 13.2. The lowest BCUT2D eigenvalue weighted by Gasteiger charge is -2.35. The summed E-state index contributed by atoms with van der Waals surface area (Å²) in [5.41, 5.74) is 2.61. The molecule has 0 unspecified atom stereocenters. The van der Waals surface area contributed by atoms with E-state index in [4.69, 9.17) is 4.74 Å². The zero-order valence-electron chi connectivity index (χ0n) is 24.4. The summed E-state index contributed by atoms with van der Waals surface area (Å²) in [4.78, 5) is 27.9. The quantitative estimate of drug-likeness (QED) is 0.546. The summed E-state index contributed by atoms with van der Waals surface area (Å²) in [5.74, 6) is 0.284. The molecule has 39 heavy (non-hydrogen) atoms. The van der Waals surface area contributed by atoms with Gasteiger partial charge in [-0.15, -0.1) is 0 Å². The van der Waals surface area contributed by atoms with Gasteiger partial charge in [-0.25, -0.2) is 19.2 Å². The Balaban J connectivity index is 0.00000142. The number of hydrogen-bond acceptors (Lipinski definition) is 5. The van der Waals surface area contributed by atoms with Crippen molar-refractivity contribution in [3.63, 3.8) is 0 Å². The first kappa shape index (κ1) is 33.4. The number of nitrogens with zero attached hydrogens (tertiary/aromatic N) is 3. The second-order valence-corrected chi connectivity index (χ2v) is 8.87. The molecule has 216 valence electrons. The van der Waals surface area contributed by atoms with E-state index in [1.807, 2.05) is 38.1 Å². The molecule has 2 N–H and O–H groups in total. The van der Waals surface area contributed by atoms with Gasteiger partial charge in [0.2, 0.25) is 5.91 Å². The molecule has 0 aromatic heterocycles. The van der Waals surface area contributed by atoms with Crippen LogP contribution in [-0.2, 0) is 17.8 Å². The molecular weight excluding hydrogens is 497 g/mol. The van der Waals surface area contributed by atoms with E-state index in [0.717, 1.165) is 22.6 Å². The van der Waals surface area contributed by atoms with Crippen LogP contribution >= 0.6 is 0 Å². The lowest BCUT2D eigenvalue weighted by molar-refractivity contribution is -0.135. The van der Waals surface area contributed by atoms with E-state index >= 15 is 0 Å². The Labute approximate surface area is 233 Å². The van der Waals surface area contributed by atoms with Gasteiger partial charge in [0.1, 0.15) is 18.1 Å². The normalized spacial score (nSPS) is 14.2. The Kier molecular flexibility index (Phi) is 16.0. The molecule has 0 atom stereocenters. The third-order valence-corrected chi connectivity index (χ3v) is 5.65. The molecular formula is C30H46FN5O3. The second-order valence-electron chi connectivity index (χ2n) is 8.87. The van der Waals surface area contributed by atoms with Gasteiger partial charge in [-0.05, 0) is 41.8 Å². The monoisotopic (exact) mass is 543 g/mol. The Hall–Kier alpha value is -3.59. The molecule has 1 fully saturated rings. The van der Waals surface area contributed by atoms with Gasteiger partial charge < -0.3 is 20.3 Å². The van der Waals surface area contributed by atoms with Crippen molar-refractivity contribution in [3.05, 3.63) is 77.8 Å². The third kappa shape index (κ3) is 12.2. The van der Waals surface area contributed by atoms with Crippen LogP contribution in [0.25, 0.3) is 0 Å². The number of hydrazine groups is 1. The van der Waals surface area contributed by atoms with Crippen molar-refractivity contribution in [2.75, 3.05) is 46.9 Å². The summed E-state index contributed by atoms with van der Waals surface area (Å²) in [6, 6.07) is 13.3. The van der Waals surface area contributed by atoms with Crippen molar-refractivity contribution in [1.82, 2.24) is 25.6 Å². The van der Waals surface area contributed by atoms with Gasteiger partial charge in [-0.3, -0.25) is 4.79 Å². The highest BCUT2D eigenvalue weighted by Gasteiger charge is 2.26. The van der Waals surface area contributed by atoms with Gasteiger partial charge in [0.15, 0.2) is 0 Å². The van der Waals surface area contributed by atoms with Crippen molar-refractivity contribution >= 4 is 11.9 Å². The average molecular weight is 544 g/mol. The first-order valence-corrected chi connectivity index (χ1v) is 13.6. The fourth-order valence-corrected chi connectivity index (χ4v) is 3.65. The minimum Gasteiger partial charge on any atom is -0.497 e. The number of amides is 3. The van der Waals surface area contributed by atoms with Crippen LogP contribution in [0, 0.1) is 5.82 Å². The van der Waals surface area contributed by atoms with Crippen LogP contribution in [0.3, 0.4) is 0 Å². The predicted molar refractivity (Wildman–Crippen MR) is 156 cm³/mol. The summed E-state index contributed by atoms with van der Waals surface area (Å²) in [6.07, 6.45) is 1.84. The van der Waals surface area contributed by atoms with Gasteiger partial charge in [-0.1, -0.05) is 65.0 Å². The summed E-state index contributed by atoms with van der Waals surface area (Å²) in [7, 11) is 3.35. The van der Waals surface area contributed by atoms with Crippen molar-refractivity contribution in [2.24, 2.45) is 0 Å². The lowest BCUT2D eigenvalue weighted by Crippen LogP contribution is -2.55. The minimum absolute atomic E-state index is 0.0956. The lowest BCUT2D eigenvalue weighted by atomic mass is 10.1. The molecule has 3 amide bonds. The van der Waals surface area contributed by atoms with Crippen molar-refractivity contribution in [3.8, 4) is 5.75 Å². The van der Waals surface area contributed by atoms with E-state index in [0.29, 0.717) is 39.1 Å². The van der Waals surface area contributed by atoms with E-state index in [1.54, 1.807) is 36.2 Å². The second kappa shape index (κ2) is 18.6. The molecule has 1 saturated heterocycles. The Bertz CT molecular complexity index is 999. The maximum absolute atomic E-state index is 13.2. The highest BCUT2D eigenvalue weighted by atomic mass is 19.1. The van der Waals surface area contributed by atoms with Gasteiger partial charge in [-0.2, -0.15) is 0 Å². The van der Waals surface area contributed by atoms with Gasteiger partial charge >= 0.3 is 6.03 Å². The van der Waals surface area contributed by atoms with Gasteiger partial charge in [0, 0.05) is 38.9 Å². The van der Waals surface area contributed by atoms with E-state index < -0.39 is 0 Å². The Morgan fingerprint density at radius 1 is 1.05 bits per heavy atom. The van der Waals surface area contributed by atoms with E-state index in [1.165, 1.54) is 23.6 Å². The van der Waals surface area contributed by atoms with E-state index in [2.05, 4.69) is 31.1 Å². The fourth-order valence-electron chi connectivity index (χ4n) is 3.65. The Morgan fingerprint density at radius 3 is 2.23 bits per heavy atom. The molecule has 0 spiro atoms. The smallest absolute Gasteiger partial charge is 0.332 e. The summed E-state index contributed by atoms with van der Waals surface area (Å²) in [6.45, 7) is 14.4. The number of hydrogen-bond donors (Lipinski definition) is 2. The molecule has 2 aromatic carbocycles. The van der Waals surface area contributed by atoms with Crippen molar-refractivity contribution in [1.29, 1.82) is 0 Å². The number of urea groups is 1. The molecule has 8 nitrogen and oxygen atoms in total. The molecule has 0 radical (unpaired) electrons. The zero-order valence-corrected chi connectivity index (χ0v) is 24.4. The highest BCUT2D eigenvalue weighted by Crippen LogP contribution is 2.12. The van der Waals surface area contributed by atoms with Crippen molar-refractivity contribution in [2.45, 2.75) is 47.1 Å². The number of methoxy groups -OCH3 is 1. The summed E-state index contributed by atoms with van der Waals surface area (Å²) < 4.78 is 18.4. The molecule has 2 aromatic rings. The number of nitrogens with one attached hydrogen (secondary N) is 2. The predicted octanol–water partition coefficient (Wildman–Crippen LogP) is 4.82. The van der Waals surface area contributed by atoms with Gasteiger partial charge in [0.05, 0.1) is 13.7 Å². The molecule has 0 bridgehead atoms. The number of benzene rings is 2. The minimum atomic E-state index is -0.376. The zero-order chi connectivity index (χ0) is 29.2. The largest absolute Gasteiger partial charge is 0.497 e. The van der Waals surface area contributed by atoms with Crippen LogP contribution in [-0.4, -0.2) is 73.7 Å². The highest BCUT2D eigenvalue weighted by molar-refractivity contribution is 5.84. The fraction of sp³-hybridized carbons (Fsp3) is 0.467. The third-order valence-electron chi connectivity index (χ3n) is 5.65. The summed E-state index contributed by atoms with van der Waals surface area (Å²) in [5, 5.41) is 9.18. The molecule has 1 aliphatic rings. The molecule has 1 aliphatic heterocycles. The van der Waals surface area contributed by atoms with Crippen molar-refractivity contribution < 1.29 is 18.7 Å². The first-order chi connectivity index (χ1) is 18.8. The van der Waals surface area contributed by atoms with Crippen LogP contribution < -0.4 is 15.4 Å². The molecule has 3 rings (SSSR count).